The van der Waals surface area contributed by atoms with Crippen LogP contribution in [0.1, 0.15) is 18.2 Å². The lowest BCUT2D eigenvalue weighted by Crippen LogP contribution is -2.18. The first-order chi connectivity index (χ1) is 15.5. The molecule has 0 atom stereocenters. The molecule has 9 nitrogen and oxygen atoms in total. The van der Waals surface area contributed by atoms with Crippen LogP contribution in [0.5, 0.6) is 5.75 Å². The van der Waals surface area contributed by atoms with E-state index in [-0.39, 0.29) is 5.91 Å². The highest BCUT2D eigenvalue weighted by Crippen LogP contribution is 2.31. The fraction of sp³-hybridized carbons (Fsp3) is 0.174. The average molecular weight is 427 g/mol. The second-order valence-electron chi connectivity index (χ2n) is 7.45. The van der Waals surface area contributed by atoms with Crippen LogP contribution in [0.15, 0.2) is 55.1 Å². The summed E-state index contributed by atoms with van der Waals surface area (Å²) in [4.78, 5) is 20.3. The lowest BCUT2D eigenvalue weighted by atomic mass is 10.1. The SMILES string of the molecule is COc1cc(CNC(C)=O)ccc1-n1nc(C)c2cnc(-c3cnn4cccnc34)cc21. The van der Waals surface area contributed by atoms with Gasteiger partial charge in [-0.1, -0.05) is 6.07 Å². The molecule has 0 radical (unpaired) electrons. The number of methoxy groups -OCH3 is 1. The molecule has 0 aliphatic carbocycles. The van der Waals surface area contributed by atoms with Crippen LogP contribution < -0.4 is 10.1 Å². The molecule has 5 aromatic rings. The predicted molar refractivity (Wildman–Crippen MR) is 120 cm³/mol. The number of pyridine rings is 1. The number of hydrogen-bond acceptors (Lipinski definition) is 6. The molecule has 0 bridgehead atoms. The van der Waals surface area contributed by atoms with Crippen molar-refractivity contribution in [3.63, 3.8) is 0 Å². The molecule has 9 heteroatoms. The third-order valence-electron chi connectivity index (χ3n) is 5.32. The van der Waals surface area contributed by atoms with Gasteiger partial charge in [0.1, 0.15) is 11.4 Å². The van der Waals surface area contributed by atoms with E-state index in [4.69, 9.17) is 9.84 Å². The Hall–Kier alpha value is -4.27. The quantitative estimate of drug-likeness (QED) is 0.463. The minimum atomic E-state index is -0.0797. The molecule has 1 N–H and O–H groups in total. The van der Waals surface area contributed by atoms with E-state index in [0.29, 0.717) is 12.3 Å². The second-order valence-corrected chi connectivity index (χ2v) is 7.45. The molecular formula is C23H21N7O2. The van der Waals surface area contributed by atoms with Crippen LogP contribution in [0.4, 0.5) is 0 Å². The third kappa shape index (κ3) is 3.33. The van der Waals surface area contributed by atoms with Gasteiger partial charge in [0.15, 0.2) is 5.65 Å². The van der Waals surface area contributed by atoms with Gasteiger partial charge in [-0.05, 0) is 36.8 Å². The lowest BCUT2D eigenvalue weighted by molar-refractivity contribution is -0.119. The minimum absolute atomic E-state index is 0.0797. The Bertz CT molecular complexity index is 1470. The number of carbonyl (C=O) groups excluding carboxylic acids is 1. The maximum Gasteiger partial charge on any atom is 0.217 e. The summed E-state index contributed by atoms with van der Waals surface area (Å²) in [6, 6.07) is 9.63. The fourth-order valence-electron chi connectivity index (χ4n) is 3.73. The van der Waals surface area contributed by atoms with Gasteiger partial charge in [0.2, 0.25) is 5.91 Å². The number of nitrogens with one attached hydrogen (secondary N) is 1. The smallest absolute Gasteiger partial charge is 0.217 e. The minimum Gasteiger partial charge on any atom is -0.494 e. The Balaban J connectivity index is 1.63. The van der Waals surface area contributed by atoms with Crippen LogP contribution in [0, 0.1) is 6.92 Å². The van der Waals surface area contributed by atoms with E-state index < -0.39 is 0 Å². The molecule has 0 saturated carbocycles. The number of benzene rings is 1. The van der Waals surface area contributed by atoms with Crippen molar-refractivity contribution in [1.29, 1.82) is 0 Å². The molecule has 160 valence electrons. The van der Waals surface area contributed by atoms with E-state index in [1.807, 2.05) is 54.3 Å². The Morgan fingerprint density at radius 2 is 2.06 bits per heavy atom. The lowest BCUT2D eigenvalue weighted by Gasteiger charge is -2.12. The zero-order valence-corrected chi connectivity index (χ0v) is 17.9. The standard InChI is InChI=1S/C23H21N7O2/c1-14-17-12-26-19(18-13-27-29-8-4-7-24-23(18)29)10-21(17)30(28-14)20-6-5-16(9-22(20)32-3)11-25-15(2)31/h4-10,12-13H,11H2,1-3H3,(H,25,31). The monoisotopic (exact) mass is 427 g/mol. The van der Waals surface area contributed by atoms with Crippen LogP contribution in [-0.4, -0.2) is 42.4 Å². The van der Waals surface area contributed by atoms with Gasteiger partial charge in [-0.15, -0.1) is 0 Å². The molecule has 0 spiro atoms. The zero-order valence-electron chi connectivity index (χ0n) is 17.9. The topological polar surface area (TPSA) is 99.2 Å². The largest absolute Gasteiger partial charge is 0.494 e. The van der Waals surface area contributed by atoms with Gasteiger partial charge >= 0.3 is 0 Å². The van der Waals surface area contributed by atoms with E-state index in [2.05, 4.69) is 20.4 Å². The highest BCUT2D eigenvalue weighted by molar-refractivity contribution is 5.88. The number of ether oxygens (including phenoxy) is 1. The van der Waals surface area contributed by atoms with Crippen molar-refractivity contribution in [2.75, 3.05) is 7.11 Å². The van der Waals surface area contributed by atoms with Gasteiger partial charge < -0.3 is 10.1 Å². The van der Waals surface area contributed by atoms with Gasteiger partial charge in [0.25, 0.3) is 0 Å². The Labute approximate surface area is 183 Å². The van der Waals surface area contributed by atoms with Crippen molar-refractivity contribution < 1.29 is 9.53 Å². The summed E-state index contributed by atoms with van der Waals surface area (Å²) < 4.78 is 9.23. The first kappa shape index (κ1) is 19.7. The molecule has 4 heterocycles. The summed E-state index contributed by atoms with van der Waals surface area (Å²) in [6.07, 6.45) is 7.18. The van der Waals surface area contributed by atoms with Gasteiger partial charge in [0, 0.05) is 37.4 Å². The molecule has 0 fully saturated rings. The van der Waals surface area contributed by atoms with Crippen molar-refractivity contribution in [2.45, 2.75) is 20.4 Å². The van der Waals surface area contributed by atoms with Gasteiger partial charge in [-0.2, -0.15) is 10.2 Å². The number of hydrogen-bond donors (Lipinski definition) is 1. The summed E-state index contributed by atoms with van der Waals surface area (Å²) in [7, 11) is 1.62. The highest BCUT2D eigenvalue weighted by atomic mass is 16.5. The third-order valence-corrected chi connectivity index (χ3v) is 5.32. The van der Waals surface area contributed by atoms with E-state index in [1.54, 1.807) is 24.0 Å². The molecular weight excluding hydrogens is 406 g/mol. The molecule has 0 saturated heterocycles. The van der Waals surface area contributed by atoms with Crippen LogP contribution in [0.2, 0.25) is 0 Å². The first-order valence-corrected chi connectivity index (χ1v) is 10.1. The number of fused-ring (bicyclic) bond motifs is 2. The van der Waals surface area contributed by atoms with Crippen LogP contribution in [0.25, 0.3) is 33.5 Å². The molecule has 32 heavy (non-hydrogen) atoms. The molecule has 0 unspecified atom stereocenters. The normalized spacial score (nSPS) is 11.2. The number of aryl methyl sites for hydroxylation is 1. The van der Waals surface area contributed by atoms with Gasteiger partial charge in [0.05, 0.1) is 35.8 Å². The summed E-state index contributed by atoms with van der Waals surface area (Å²) >= 11 is 0. The fourth-order valence-corrected chi connectivity index (χ4v) is 3.73. The van der Waals surface area contributed by atoms with Gasteiger partial charge in [-0.25, -0.2) is 14.2 Å². The summed E-state index contributed by atoms with van der Waals surface area (Å²) in [6.45, 7) is 3.88. The summed E-state index contributed by atoms with van der Waals surface area (Å²) in [5.74, 6) is 0.581. The zero-order chi connectivity index (χ0) is 22.2. The summed E-state index contributed by atoms with van der Waals surface area (Å²) in [5.41, 5.74) is 5.84. The number of carbonyl (C=O) groups is 1. The van der Waals surface area contributed by atoms with Crippen molar-refractivity contribution >= 4 is 22.5 Å². The van der Waals surface area contributed by atoms with Gasteiger partial charge in [-0.3, -0.25) is 9.78 Å². The predicted octanol–water partition coefficient (Wildman–Crippen LogP) is 3.08. The number of aromatic nitrogens is 6. The Morgan fingerprint density at radius 1 is 1.19 bits per heavy atom. The molecule has 4 aromatic heterocycles. The maximum atomic E-state index is 11.2. The average Bonchev–Trinajstić information content (AvgIpc) is 3.38. The van der Waals surface area contributed by atoms with Crippen LogP contribution >= 0.6 is 0 Å². The number of rotatable bonds is 5. The Morgan fingerprint density at radius 3 is 2.88 bits per heavy atom. The van der Waals surface area contributed by atoms with Crippen molar-refractivity contribution in [1.82, 2.24) is 34.7 Å². The van der Waals surface area contributed by atoms with Crippen LogP contribution in [0.3, 0.4) is 0 Å². The van der Waals surface area contributed by atoms with E-state index >= 15 is 0 Å². The van der Waals surface area contributed by atoms with E-state index in [9.17, 15) is 4.79 Å². The first-order valence-electron chi connectivity index (χ1n) is 10.1. The highest BCUT2D eigenvalue weighted by Gasteiger charge is 2.17. The molecule has 0 aliphatic rings. The second kappa shape index (κ2) is 7.77. The van der Waals surface area contributed by atoms with Crippen LogP contribution in [-0.2, 0) is 11.3 Å². The maximum absolute atomic E-state index is 11.2. The Kier molecular flexibility index (Phi) is 4.78. The molecule has 1 aromatic carbocycles. The van der Waals surface area contributed by atoms with E-state index in [1.165, 1.54) is 6.92 Å². The van der Waals surface area contributed by atoms with Crippen molar-refractivity contribution in [3.05, 3.63) is 66.4 Å². The number of amides is 1. The molecule has 1 amide bonds. The molecule has 0 aliphatic heterocycles. The van der Waals surface area contributed by atoms with E-state index in [0.717, 1.165) is 44.8 Å². The summed E-state index contributed by atoms with van der Waals surface area (Å²) in [5, 5.41) is 12.9. The van der Waals surface area contributed by atoms with Crippen molar-refractivity contribution in [2.24, 2.45) is 0 Å². The molecule has 5 rings (SSSR count). The number of nitrogens with zero attached hydrogens (tertiary/aromatic N) is 6. The van der Waals surface area contributed by atoms with Crippen molar-refractivity contribution in [3.8, 4) is 22.7 Å².